The van der Waals surface area contributed by atoms with Gasteiger partial charge in [-0.25, -0.2) is 0 Å². The normalized spacial score (nSPS) is 22.2. The van der Waals surface area contributed by atoms with E-state index in [4.69, 9.17) is 0 Å². The summed E-state index contributed by atoms with van der Waals surface area (Å²) in [6.07, 6.45) is 8.49. The minimum atomic E-state index is -0.149. The molecule has 3 rings (SSSR count). The van der Waals surface area contributed by atoms with Crippen molar-refractivity contribution < 1.29 is 0 Å². The Balaban J connectivity index is 2.51. The molecule has 0 saturated heterocycles. The van der Waals surface area contributed by atoms with Gasteiger partial charge in [-0.05, 0) is 53.8 Å². The molecule has 0 atom stereocenters. The van der Waals surface area contributed by atoms with Crippen molar-refractivity contribution in [2.75, 3.05) is 11.9 Å². The maximum atomic E-state index is 4.27. The zero-order valence-electron chi connectivity index (χ0n) is 21.0. The molecular formula is C30H39N. The van der Waals surface area contributed by atoms with Gasteiger partial charge in [-0.1, -0.05) is 96.7 Å². The molecule has 0 unspecified atom stereocenters. The van der Waals surface area contributed by atoms with E-state index in [0.717, 1.165) is 0 Å². The highest BCUT2D eigenvalue weighted by Gasteiger charge is 2.49. The third-order valence-electron chi connectivity index (χ3n) is 8.27. The van der Waals surface area contributed by atoms with Crippen LogP contribution in [0.2, 0.25) is 0 Å². The van der Waals surface area contributed by atoms with Crippen LogP contribution < -0.4 is 4.90 Å². The lowest BCUT2D eigenvalue weighted by Crippen LogP contribution is -2.38. The lowest BCUT2D eigenvalue weighted by molar-refractivity contribution is 0.254. The predicted octanol–water partition coefficient (Wildman–Crippen LogP) is 8.30. The highest BCUT2D eigenvalue weighted by Crippen LogP contribution is 2.59. The van der Waals surface area contributed by atoms with E-state index in [9.17, 15) is 0 Å². The van der Waals surface area contributed by atoms with Gasteiger partial charge in [-0.15, -0.1) is 0 Å². The number of fused-ring (bicyclic) bond motifs is 1. The number of rotatable bonds is 4. The third-order valence-corrected chi connectivity index (χ3v) is 8.27. The monoisotopic (exact) mass is 413 g/mol. The lowest BCUT2D eigenvalue weighted by Gasteiger charge is -2.44. The van der Waals surface area contributed by atoms with Gasteiger partial charge in [0.15, 0.2) is 0 Å². The molecule has 1 aromatic carbocycles. The first-order valence-electron chi connectivity index (χ1n) is 11.3. The van der Waals surface area contributed by atoms with E-state index in [2.05, 4.69) is 123 Å². The number of benzene rings is 1. The minimum Gasteiger partial charge on any atom is -0.344 e. The van der Waals surface area contributed by atoms with Crippen molar-refractivity contribution in [1.82, 2.24) is 0 Å². The van der Waals surface area contributed by atoms with Gasteiger partial charge in [0.05, 0.1) is 0 Å². The molecule has 0 saturated carbocycles. The summed E-state index contributed by atoms with van der Waals surface area (Å²) in [5, 5.41) is 0. The van der Waals surface area contributed by atoms with Gasteiger partial charge < -0.3 is 4.90 Å². The highest BCUT2D eigenvalue weighted by atomic mass is 15.1. The van der Waals surface area contributed by atoms with E-state index in [-0.39, 0.29) is 16.2 Å². The fourth-order valence-corrected chi connectivity index (χ4v) is 5.43. The van der Waals surface area contributed by atoms with Gasteiger partial charge in [0.2, 0.25) is 0 Å². The summed E-state index contributed by atoms with van der Waals surface area (Å²) >= 11 is 0. The van der Waals surface area contributed by atoms with Gasteiger partial charge in [-0.2, -0.15) is 0 Å². The topological polar surface area (TPSA) is 3.24 Å². The van der Waals surface area contributed by atoms with E-state index in [1.54, 1.807) is 0 Å². The number of para-hydroxylation sites is 1. The molecule has 0 amide bonds. The number of nitrogens with zero attached hydrogens (tertiary/aromatic N) is 1. The van der Waals surface area contributed by atoms with Crippen LogP contribution in [0.1, 0.15) is 61.0 Å². The zero-order chi connectivity index (χ0) is 23.4. The number of likely N-dealkylation sites (N-methyl/N-ethyl adjacent to an activating group) is 1. The average molecular weight is 414 g/mol. The van der Waals surface area contributed by atoms with Gasteiger partial charge >= 0.3 is 0 Å². The molecule has 1 aromatic rings. The predicted molar refractivity (Wildman–Crippen MR) is 137 cm³/mol. The van der Waals surface area contributed by atoms with Crippen LogP contribution in [-0.4, -0.2) is 7.05 Å². The van der Waals surface area contributed by atoms with Crippen molar-refractivity contribution in [3.05, 3.63) is 101 Å². The molecule has 0 bridgehead atoms. The molecule has 1 aliphatic carbocycles. The Hall–Kier alpha value is -2.54. The molecule has 1 heteroatoms. The second kappa shape index (κ2) is 7.55. The van der Waals surface area contributed by atoms with Crippen LogP contribution in [0.5, 0.6) is 0 Å². The largest absolute Gasteiger partial charge is 0.344 e. The second-order valence-corrected chi connectivity index (χ2v) is 10.4. The minimum absolute atomic E-state index is 0.0530. The first kappa shape index (κ1) is 23.1. The quantitative estimate of drug-likeness (QED) is 0.480. The molecule has 0 N–H and O–H groups in total. The van der Waals surface area contributed by atoms with E-state index in [1.165, 1.54) is 44.8 Å². The molecule has 1 heterocycles. The van der Waals surface area contributed by atoms with Gasteiger partial charge in [0.25, 0.3) is 0 Å². The number of anilines is 1. The van der Waals surface area contributed by atoms with Crippen molar-refractivity contribution in [2.45, 2.75) is 60.8 Å². The van der Waals surface area contributed by atoms with Gasteiger partial charge in [0, 0.05) is 34.7 Å². The second-order valence-electron chi connectivity index (χ2n) is 10.4. The molecule has 0 spiro atoms. The van der Waals surface area contributed by atoms with E-state index in [0.29, 0.717) is 0 Å². The Morgan fingerprint density at radius 1 is 0.903 bits per heavy atom. The first-order valence-corrected chi connectivity index (χ1v) is 11.3. The van der Waals surface area contributed by atoms with Crippen LogP contribution >= 0.6 is 0 Å². The summed E-state index contributed by atoms with van der Waals surface area (Å²) < 4.78 is 0. The van der Waals surface area contributed by atoms with E-state index in [1.807, 2.05) is 6.08 Å². The SMILES string of the molecule is C=CC1=C(/C=C\C)C(C)(C)C(C)=C1C1=C(C=C)N(C)c2ccccc2C(C)(C)C1(C)C. The Labute approximate surface area is 190 Å². The fourth-order valence-electron chi connectivity index (χ4n) is 5.43. The molecule has 2 aliphatic rings. The average Bonchev–Trinajstić information content (AvgIpc) is 2.88. The van der Waals surface area contributed by atoms with Crippen molar-refractivity contribution >= 4 is 5.69 Å². The first-order chi connectivity index (χ1) is 14.4. The van der Waals surface area contributed by atoms with Crippen molar-refractivity contribution in [3.8, 4) is 0 Å². The molecule has 31 heavy (non-hydrogen) atoms. The van der Waals surface area contributed by atoms with Crippen LogP contribution in [0, 0.1) is 10.8 Å². The van der Waals surface area contributed by atoms with Crippen LogP contribution in [0.4, 0.5) is 5.69 Å². The maximum absolute atomic E-state index is 4.27. The standard InChI is InChI=1S/C30H39N/c1-12-17-22-21(13-2)26(20(4)28(22,5)6)27-24(14-3)31(11)25-19-16-15-18-23(25)29(7,8)30(27,9)10/h12-19H,2-3H2,1,4-11H3/b17-12-. The van der Waals surface area contributed by atoms with Gasteiger partial charge in [0.1, 0.15) is 0 Å². The smallest absolute Gasteiger partial charge is 0.0446 e. The Kier molecular flexibility index (Phi) is 5.63. The molecule has 0 fully saturated rings. The van der Waals surface area contributed by atoms with Crippen molar-refractivity contribution in [1.29, 1.82) is 0 Å². The van der Waals surface area contributed by atoms with Crippen molar-refractivity contribution in [3.63, 3.8) is 0 Å². The third kappa shape index (κ3) is 3.04. The summed E-state index contributed by atoms with van der Waals surface area (Å²) in [5.74, 6) is 0. The van der Waals surface area contributed by atoms with Crippen LogP contribution in [0.15, 0.2) is 95.3 Å². The molecule has 1 nitrogen and oxygen atoms in total. The lowest BCUT2D eigenvalue weighted by atomic mass is 9.58. The zero-order valence-corrected chi connectivity index (χ0v) is 21.0. The molecule has 1 aliphatic heterocycles. The Bertz CT molecular complexity index is 1060. The summed E-state index contributed by atoms with van der Waals surface area (Å²) in [4.78, 5) is 2.33. The van der Waals surface area contributed by atoms with Crippen LogP contribution in [0.25, 0.3) is 0 Å². The summed E-state index contributed by atoms with van der Waals surface area (Å²) in [6.45, 7) is 27.1. The Morgan fingerprint density at radius 3 is 2.06 bits per heavy atom. The van der Waals surface area contributed by atoms with E-state index >= 15 is 0 Å². The summed E-state index contributed by atoms with van der Waals surface area (Å²) in [5.41, 5.74) is 10.2. The molecule has 164 valence electrons. The van der Waals surface area contributed by atoms with Gasteiger partial charge in [-0.3, -0.25) is 0 Å². The molecule has 0 aromatic heterocycles. The maximum Gasteiger partial charge on any atom is 0.0446 e. The van der Waals surface area contributed by atoms with E-state index < -0.39 is 0 Å². The highest BCUT2D eigenvalue weighted by molar-refractivity contribution is 5.74. The summed E-state index contributed by atoms with van der Waals surface area (Å²) in [7, 11) is 2.17. The summed E-state index contributed by atoms with van der Waals surface area (Å²) in [6, 6.07) is 8.81. The van der Waals surface area contributed by atoms with Crippen LogP contribution in [0.3, 0.4) is 0 Å². The van der Waals surface area contributed by atoms with Crippen molar-refractivity contribution in [2.24, 2.45) is 10.8 Å². The fraction of sp³-hybridized carbons (Fsp3) is 0.400. The Morgan fingerprint density at radius 2 is 1.52 bits per heavy atom. The number of hydrogen-bond donors (Lipinski definition) is 0. The number of hydrogen-bond acceptors (Lipinski definition) is 1. The molecular weight excluding hydrogens is 374 g/mol. The molecule has 0 radical (unpaired) electrons. The number of allylic oxidation sites excluding steroid dienone is 9. The van der Waals surface area contributed by atoms with Crippen LogP contribution in [-0.2, 0) is 5.41 Å².